The standard InChI is InChI=1S/C16H23N5/c1-3-20-10-8-16(13(2)12-20)18-14-4-6-15(7-5-14)21-11-9-17-19-21/h4-7,9,11,13,16,18H,3,8,10,12H2,1-2H3/t13-,16-/m1/s1. The Morgan fingerprint density at radius 1 is 1.29 bits per heavy atom. The largest absolute Gasteiger partial charge is 0.382 e. The summed E-state index contributed by atoms with van der Waals surface area (Å²) < 4.78 is 1.77. The monoisotopic (exact) mass is 285 g/mol. The Hall–Kier alpha value is -1.88. The van der Waals surface area contributed by atoms with Crippen molar-refractivity contribution < 1.29 is 0 Å². The number of nitrogens with zero attached hydrogens (tertiary/aromatic N) is 4. The number of anilines is 1. The number of hydrogen-bond donors (Lipinski definition) is 1. The maximum Gasteiger partial charge on any atom is 0.0697 e. The predicted molar refractivity (Wildman–Crippen MR) is 84.7 cm³/mol. The zero-order chi connectivity index (χ0) is 14.7. The molecule has 0 aliphatic carbocycles. The van der Waals surface area contributed by atoms with Crippen molar-refractivity contribution in [3.63, 3.8) is 0 Å². The quantitative estimate of drug-likeness (QED) is 0.937. The Labute approximate surface area is 126 Å². The number of nitrogens with one attached hydrogen (secondary N) is 1. The second-order valence-corrected chi connectivity index (χ2v) is 5.80. The molecule has 3 rings (SSSR count). The van der Waals surface area contributed by atoms with E-state index in [1.165, 1.54) is 25.2 Å². The average molecular weight is 285 g/mol. The lowest BCUT2D eigenvalue weighted by molar-refractivity contribution is 0.179. The second-order valence-electron chi connectivity index (χ2n) is 5.80. The van der Waals surface area contributed by atoms with Crippen molar-refractivity contribution in [1.82, 2.24) is 19.9 Å². The first-order chi connectivity index (χ1) is 10.3. The molecule has 1 aliphatic heterocycles. The van der Waals surface area contributed by atoms with E-state index < -0.39 is 0 Å². The van der Waals surface area contributed by atoms with Crippen LogP contribution in [-0.4, -0.2) is 45.6 Å². The molecule has 1 aromatic carbocycles. The van der Waals surface area contributed by atoms with Gasteiger partial charge in [0.25, 0.3) is 0 Å². The van der Waals surface area contributed by atoms with E-state index in [2.05, 4.69) is 58.6 Å². The van der Waals surface area contributed by atoms with Crippen LogP contribution in [0.1, 0.15) is 20.3 Å². The molecule has 0 bridgehead atoms. The van der Waals surface area contributed by atoms with E-state index in [1.807, 2.05) is 6.20 Å². The Kier molecular flexibility index (Phi) is 4.20. The third-order valence-corrected chi connectivity index (χ3v) is 4.34. The van der Waals surface area contributed by atoms with Gasteiger partial charge in [-0.2, -0.15) is 0 Å². The zero-order valence-electron chi connectivity index (χ0n) is 12.7. The van der Waals surface area contributed by atoms with Crippen molar-refractivity contribution in [2.75, 3.05) is 25.0 Å². The van der Waals surface area contributed by atoms with E-state index in [9.17, 15) is 0 Å². The molecule has 2 aromatic rings. The SMILES string of the molecule is CCN1CC[C@@H](Nc2ccc(-n3ccnn3)cc2)[C@H](C)C1. The van der Waals surface area contributed by atoms with Gasteiger partial charge >= 0.3 is 0 Å². The van der Waals surface area contributed by atoms with Gasteiger partial charge in [-0.15, -0.1) is 5.10 Å². The number of likely N-dealkylation sites (tertiary alicyclic amines) is 1. The molecule has 112 valence electrons. The van der Waals surface area contributed by atoms with Gasteiger partial charge < -0.3 is 10.2 Å². The first-order valence-electron chi connectivity index (χ1n) is 7.72. The Morgan fingerprint density at radius 3 is 2.71 bits per heavy atom. The lowest BCUT2D eigenvalue weighted by Crippen LogP contribution is -2.44. The molecule has 1 fully saturated rings. The maximum absolute atomic E-state index is 4.00. The lowest BCUT2D eigenvalue weighted by Gasteiger charge is -2.37. The smallest absolute Gasteiger partial charge is 0.0697 e. The van der Waals surface area contributed by atoms with E-state index in [0.29, 0.717) is 12.0 Å². The van der Waals surface area contributed by atoms with Crippen LogP contribution in [0, 0.1) is 5.92 Å². The fourth-order valence-corrected chi connectivity index (χ4v) is 3.00. The summed E-state index contributed by atoms with van der Waals surface area (Å²) in [7, 11) is 0. The molecule has 2 atom stereocenters. The van der Waals surface area contributed by atoms with Crippen molar-refractivity contribution in [1.29, 1.82) is 0 Å². The summed E-state index contributed by atoms with van der Waals surface area (Å²) in [5.74, 6) is 0.675. The number of aromatic nitrogens is 3. The van der Waals surface area contributed by atoms with Gasteiger partial charge in [-0.1, -0.05) is 19.1 Å². The van der Waals surface area contributed by atoms with Crippen LogP contribution in [0.3, 0.4) is 0 Å². The number of hydrogen-bond acceptors (Lipinski definition) is 4. The summed E-state index contributed by atoms with van der Waals surface area (Å²) >= 11 is 0. The normalized spacial score (nSPS) is 23.1. The van der Waals surface area contributed by atoms with E-state index >= 15 is 0 Å². The fraction of sp³-hybridized carbons (Fsp3) is 0.500. The molecule has 1 N–H and O–H groups in total. The van der Waals surface area contributed by atoms with Crippen LogP contribution in [0.15, 0.2) is 36.7 Å². The summed E-state index contributed by atoms with van der Waals surface area (Å²) in [5, 5.41) is 11.5. The molecule has 0 radical (unpaired) electrons. The van der Waals surface area contributed by atoms with Crippen molar-refractivity contribution in [3.8, 4) is 5.69 Å². The molecule has 2 heterocycles. The van der Waals surface area contributed by atoms with Gasteiger partial charge in [0.05, 0.1) is 18.1 Å². The molecule has 1 aliphatic rings. The van der Waals surface area contributed by atoms with Crippen LogP contribution in [0.4, 0.5) is 5.69 Å². The molecule has 5 heteroatoms. The molecule has 1 saturated heterocycles. The molecule has 21 heavy (non-hydrogen) atoms. The van der Waals surface area contributed by atoms with Crippen molar-refractivity contribution >= 4 is 5.69 Å². The van der Waals surface area contributed by atoms with Gasteiger partial charge in [-0.05, 0) is 43.1 Å². The van der Waals surface area contributed by atoms with Crippen LogP contribution in [0.25, 0.3) is 5.69 Å². The maximum atomic E-state index is 4.00. The molecular formula is C16H23N5. The minimum Gasteiger partial charge on any atom is -0.382 e. The predicted octanol–water partition coefficient (Wildman–Crippen LogP) is 2.41. The van der Waals surface area contributed by atoms with E-state index in [0.717, 1.165) is 12.2 Å². The average Bonchev–Trinajstić information content (AvgIpc) is 3.04. The highest BCUT2D eigenvalue weighted by Crippen LogP contribution is 2.21. The van der Waals surface area contributed by atoms with Gasteiger partial charge in [0.15, 0.2) is 0 Å². The van der Waals surface area contributed by atoms with E-state index in [4.69, 9.17) is 0 Å². The molecule has 0 spiro atoms. The van der Waals surface area contributed by atoms with Gasteiger partial charge in [0, 0.05) is 24.8 Å². The van der Waals surface area contributed by atoms with Crippen LogP contribution in [-0.2, 0) is 0 Å². The second kappa shape index (κ2) is 6.26. The minimum absolute atomic E-state index is 0.560. The van der Waals surface area contributed by atoms with Gasteiger partial charge in [-0.25, -0.2) is 4.68 Å². The third-order valence-electron chi connectivity index (χ3n) is 4.34. The highest BCUT2D eigenvalue weighted by atomic mass is 15.4. The minimum atomic E-state index is 0.560. The topological polar surface area (TPSA) is 46.0 Å². The first kappa shape index (κ1) is 14.1. The van der Waals surface area contributed by atoms with Gasteiger partial charge in [-0.3, -0.25) is 0 Å². The molecular weight excluding hydrogens is 262 g/mol. The summed E-state index contributed by atoms with van der Waals surface area (Å²) in [4.78, 5) is 2.52. The zero-order valence-corrected chi connectivity index (χ0v) is 12.7. The third kappa shape index (κ3) is 3.24. The first-order valence-corrected chi connectivity index (χ1v) is 7.72. The summed E-state index contributed by atoms with van der Waals surface area (Å²) in [6.07, 6.45) is 4.75. The van der Waals surface area contributed by atoms with Crippen molar-refractivity contribution in [2.45, 2.75) is 26.3 Å². The molecule has 0 saturated carbocycles. The lowest BCUT2D eigenvalue weighted by atomic mass is 9.93. The van der Waals surface area contributed by atoms with Crippen LogP contribution < -0.4 is 5.32 Å². The Morgan fingerprint density at radius 2 is 2.10 bits per heavy atom. The highest BCUT2D eigenvalue weighted by molar-refractivity contribution is 5.49. The van der Waals surface area contributed by atoms with Crippen LogP contribution >= 0.6 is 0 Å². The summed E-state index contributed by atoms with van der Waals surface area (Å²) in [5.41, 5.74) is 2.22. The Balaban J connectivity index is 1.63. The van der Waals surface area contributed by atoms with Crippen LogP contribution in [0.5, 0.6) is 0 Å². The van der Waals surface area contributed by atoms with Gasteiger partial charge in [0.2, 0.25) is 0 Å². The van der Waals surface area contributed by atoms with E-state index in [1.54, 1.807) is 10.9 Å². The number of piperidine rings is 1. The Bertz CT molecular complexity index is 549. The molecule has 1 aromatic heterocycles. The molecule has 5 nitrogen and oxygen atoms in total. The highest BCUT2D eigenvalue weighted by Gasteiger charge is 2.24. The summed E-state index contributed by atoms with van der Waals surface area (Å²) in [6, 6.07) is 8.95. The van der Waals surface area contributed by atoms with E-state index in [-0.39, 0.29) is 0 Å². The number of rotatable bonds is 4. The van der Waals surface area contributed by atoms with Crippen molar-refractivity contribution in [3.05, 3.63) is 36.7 Å². The number of benzene rings is 1. The molecule has 0 amide bonds. The van der Waals surface area contributed by atoms with Crippen LogP contribution in [0.2, 0.25) is 0 Å². The fourth-order valence-electron chi connectivity index (χ4n) is 3.00. The van der Waals surface area contributed by atoms with Crippen molar-refractivity contribution in [2.24, 2.45) is 5.92 Å². The van der Waals surface area contributed by atoms with Gasteiger partial charge in [0.1, 0.15) is 0 Å². The molecule has 0 unspecified atom stereocenters. The summed E-state index contributed by atoms with van der Waals surface area (Å²) in [6.45, 7) is 8.11.